The molecule has 650 valence electrons. The van der Waals surface area contributed by atoms with E-state index < -0.39 is 35.0 Å². The van der Waals surface area contributed by atoms with Crippen LogP contribution in [0.15, 0.2) is 146 Å². The van der Waals surface area contributed by atoms with Crippen molar-refractivity contribution in [1.82, 2.24) is 0 Å². The molecular weight excluding hydrogens is 1500 g/mol. The molecule has 2 aliphatic rings. The molecule has 16 heteroatoms. The van der Waals surface area contributed by atoms with Gasteiger partial charge in [0.05, 0.1) is 78.2 Å². The van der Waals surface area contributed by atoms with Crippen molar-refractivity contribution in [1.29, 1.82) is 0 Å². The fraction of sp³-hybridized carbons (Fsp3) is 0.544. The molecule has 2 aliphatic carbocycles. The summed E-state index contributed by atoms with van der Waals surface area (Å²) in [7, 11) is 0. The lowest BCUT2D eigenvalue weighted by atomic mass is 9.77. The molecule has 1 unspecified atom stereocenters. The van der Waals surface area contributed by atoms with Gasteiger partial charge in [0.2, 0.25) is 0 Å². The van der Waals surface area contributed by atoms with Crippen molar-refractivity contribution in [2.75, 3.05) is 72.7 Å². The minimum atomic E-state index is -0.987. The highest BCUT2D eigenvalue weighted by Crippen LogP contribution is 2.44. The number of ether oxygens (including phenoxy) is 7. The molecule has 6 aromatic carbocycles. The number of aliphatic hydroxyl groups is 4. The predicted octanol–water partition coefficient (Wildman–Crippen LogP) is 23.1. The molecule has 0 aromatic heterocycles. The van der Waals surface area contributed by atoms with Gasteiger partial charge in [-0.05, 0) is 293 Å². The number of rotatable bonds is 53. The molecule has 119 heavy (non-hydrogen) atoms. The summed E-state index contributed by atoms with van der Waals surface area (Å²) >= 11 is 0. The topological polar surface area (TPSA) is 197 Å². The molecule has 6 aromatic rings. The summed E-state index contributed by atoms with van der Waals surface area (Å²) in [6, 6.07) is 32.3. The van der Waals surface area contributed by atoms with Crippen LogP contribution in [-0.4, -0.2) is 117 Å². The number of hydrogen-bond acceptors (Lipinski definition) is 14. The summed E-state index contributed by atoms with van der Waals surface area (Å²) in [6.07, 6.45) is 24.9. The van der Waals surface area contributed by atoms with Crippen LogP contribution in [0.1, 0.15) is 266 Å². The van der Waals surface area contributed by atoms with E-state index in [9.17, 15) is 34.8 Å². The molecule has 0 radical (unpaired) electrons. The van der Waals surface area contributed by atoms with Crippen molar-refractivity contribution in [2.45, 2.75) is 267 Å². The highest BCUT2D eigenvalue weighted by Gasteiger charge is 2.31. The Morgan fingerprint density at radius 1 is 0.437 bits per heavy atom. The first-order chi connectivity index (χ1) is 57.4. The molecule has 2 saturated carbocycles. The van der Waals surface area contributed by atoms with Crippen LogP contribution < -0.4 is 9.47 Å². The quantitative estimate of drug-likeness (QED) is 0.00703. The van der Waals surface area contributed by atoms with Crippen molar-refractivity contribution >= 4 is 17.9 Å². The first-order valence-electron chi connectivity index (χ1n) is 44.6. The largest absolute Gasteiger partial charge is 0.493 e. The standard InChI is InChI=1S/C103H140F2O14/c1-14-19-21-27-74-33-37-78(38-34-74)80-41-47-92(94(104)62-80)82-43-45-90(76(17-4)56-82)88-58-84(29-23-51-114-98(110)70(6)7)96(113-55-50-103(67-108,68-109)49-16-3)85(59-88)32-26-54-117-101(72(10)11)118-64-73(12)100(112)116-53-25-31-87-61-89(60-86(30-24-52-115-99(111)71(8)9)97(87)119-69-102(13,65-106)66-107)91-46-44-83(57-77(91)18-5)93-48-42-81(63-95(93)105)79-39-35-75(36-40-79)28-22-20-15-2/h41-48,56-63,74-75,78-79,101,106-109H,6,8,10,12,14-40,49-55,64-69H2,1-5,7,9,11,13H3. The molecule has 0 aliphatic heterocycles. The Hall–Kier alpha value is -8.09. The number of hydrogen-bond donors (Lipinski definition) is 4. The molecule has 2 fully saturated rings. The van der Waals surface area contributed by atoms with Crippen LogP contribution in [0, 0.1) is 34.3 Å². The minimum absolute atomic E-state index is 0.00226. The van der Waals surface area contributed by atoms with Gasteiger partial charge in [-0.2, -0.15) is 0 Å². The van der Waals surface area contributed by atoms with Gasteiger partial charge >= 0.3 is 17.9 Å². The molecule has 0 saturated heterocycles. The monoisotopic (exact) mass is 1640 g/mol. The molecule has 1 atom stereocenters. The Bertz CT molecular complexity index is 4280. The van der Waals surface area contributed by atoms with Gasteiger partial charge in [0.1, 0.15) is 23.1 Å². The van der Waals surface area contributed by atoms with Gasteiger partial charge in [-0.3, -0.25) is 0 Å². The van der Waals surface area contributed by atoms with Crippen LogP contribution in [-0.2, 0) is 76.6 Å². The van der Waals surface area contributed by atoms with E-state index in [1.807, 2.05) is 37.3 Å². The van der Waals surface area contributed by atoms with E-state index in [-0.39, 0.29) is 95.5 Å². The molecule has 0 spiro atoms. The SMILES string of the molecule is C=C(C)C(=O)OCCCc1cc(-c2ccc(-c3ccc(C4CCC(CCCCC)CC4)cc3F)cc2CC)cc(CCCOC(OCC(=C)C(=O)OCCCc2cc(-c3ccc(-c4ccc(C5CCC(CCCCC)CC5)cc4F)cc3CC)cc(CCCOC(=O)C(=C)C)c2OCC(C)(CO)CO)C(=C)C)c1OCCC(CO)(CO)CCC. The fourth-order valence-corrected chi connectivity index (χ4v) is 17.0. The zero-order chi connectivity index (χ0) is 86.0. The molecular formula is C103H140F2O14. The maximum atomic E-state index is 16.5. The normalized spacial score (nSPS) is 15.9. The summed E-state index contributed by atoms with van der Waals surface area (Å²) in [6.45, 7) is 32.5. The first-order valence-corrected chi connectivity index (χ1v) is 44.6. The maximum Gasteiger partial charge on any atom is 0.335 e. The average molecular weight is 1640 g/mol. The van der Waals surface area contributed by atoms with E-state index in [2.05, 4.69) is 109 Å². The van der Waals surface area contributed by atoms with Gasteiger partial charge < -0.3 is 53.6 Å². The Morgan fingerprint density at radius 2 is 0.840 bits per heavy atom. The number of carbonyl (C=O) groups is 3. The second kappa shape index (κ2) is 49.1. The molecule has 8 rings (SSSR count). The number of benzene rings is 6. The Labute approximate surface area is 710 Å². The average Bonchev–Trinajstić information content (AvgIpc) is 0.789. The number of aryl methyl sites for hydroxylation is 6. The Morgan fingerprint density at radius 3 is 1.22 bits per heavy atom. The van der Waals surface area contributed by atoms with Crippen molar-refractivity contribution in [3.8, 4) is 56.0 Å². The van der Waals surface area contributed by atoms with E-state index in [1.54, 1.807) is 39.8 Å². The second-order valence-electron chi connectivity index (χ2n) is 34.5. The van der Waals surface area contributed by atoms with Crippen LogP contribution >= 0.6 is 0 Å². The van der Waals surface area contributed by atoms with Crippen molar-refractivity contribution in [3.05, 3.63) is 202 Å². The third-order valence-corrected chi connectivity index (χ3v) is 24.5. The van der Waals surface area contributed by atoms with Gasteiger partial charge in [0, 0.05) is 33.1 Å². The summed E-state index contributed by atoms with van der Waals surface area (Å²) in [5.74, 6) is 1.36. The first kappa shape index (κ1) is 96.4. The van der Waals surface area contributed by atoms with Gasteiger partial charge in [-0.25, -0.2) is 23.2 Å². The van der Waals surface area contributed by atoms with E-state index in [0.29, 0.717) is 123 Å². The van der Waals surface area contributed by atoms with Gasteiger partial charge in [-0.1, -0.05) is 186 Å². The lowest BCUT2D eigenvalue weighted by Crippen LogP contribution is -2.33. The van der Waals surface area contributed by atoms with Gasteiger partial charge in [-0.15, -0.1) is 0 Å². The van der Waals surface area contributed by atoms with Crippen LogP contribution in [0.5, 0.6) is 11.5 Å². The summed E-state index contributed by atoms with van der Waals surface area (Å²) in [4.78, 5) is 39.0. The number of carbonyl (C=O) groups excluding carboxylic acids is 3. The molecule has 4 N–H and O–H groups in total. The second-order valence-corrected chi connectivity index (χ2v) is 34.5. The van der Waals surface area contributed by atoms with Crippen molar-refractivity contribution < 1.29 is 76.7 Å². The lowest BCUT2D eigenvalue weighted by Gasteiger charge is -2.30. The smallest absolute Gasteiger partial charge is 0.335 e. The van der Waals surface area contributed by atoms with E-state index in [4.69, 9.17) is 33.2 Å². The third-order valence-electron chi connectivity index (χ3n) is 24.5. The zero-order valence-electron chi connectivity index (χ0n) is 73.4. The van der Waals surface area contributed by atoms with E-state index in [0.717, 1.165) is 122 Å². The van der Waals surface area contributed by atoms with Crippen LogP contribution in [0.25, 0.3) is 44.5 Å². The van der Waals surface area contributed by atoms with Crippen molar-refractivity contribution in [2.24, 2.45) is 22.7 Å². The van der Waals surface area contributed by atoms with Crippen LogP contribution in [0.3, 0.4) is 0 Å². The highest BCUT2D eigenvalue weighted by molar-refractivity contribution is 5.88. The van der Waals surface area contributed by atoms with Crippen molar-refractivity contribution in [3.63, 3.8) is 0 Å². The Kier molecular flexibility index (Phi) is 39.8. The molecule has 0 bridgehead atoms. The zero-order valence-corrected chi connectivity index (χ0v) is 73.4. The van der Waals surface area contributed by atoms with Crippen LogP contribution in [0.4, 0.5) is 8.78 Å². The van der Waals surface area contributed by atoms with E-state index in [1.165, 1.54) is 77.0 Å². The summed E-state index contributed by atoms with van der Waals surface area (Å²) in [5.41, 5.74) is 13.4. The predicted molar refractivity (Wildman–Crippen MR) is 476 cm³/mol. The minimum Gasteiger partial charge on any atom is -0.493 e. The number of halogens is 2. The molecule has 0 heterocycles. The summed E-state index contributed by atoms with van der Waals surface area (Å²) in [5, 5.41) is 42.1. The Balaban J connectivity index is 0.981. The lowest BCUT2D eigenvalue weighted by molar-refractivity contribution is -0.143. The number of unbranched alkanes of at least 4 members (excludes halogenated alkanes) is 4. The molecule has 0 amide bonds. The summed E-state index contributed by atoms with van der Waals surface area (Å²) < 4.78 is 76.1. The highest BCUT2D eigenvalue weighted by atomic mass is 19.1. The third kappa shape index (κ3) is 28.5. The van der Waals surface area contributed by atoms with Crippen LogP contribution in [0.2, 0.25) is 0 Å². The van der Waals surface area contributed by atoms with Gasteiger partial charge in [0.25, 0.3) is 0 Å². The maximum absolute atomic E-state index is 16.5. The van der Waals surface area contributed by atoms with E-state index >= 15 is 8.78 Å². The number of aliphatic hydroxyl groups excluding tert-OH is 4. The molecule has 14 nitrogen and oxygen atoms in total. The fourth-order valence-electron chi connectivity index (χ4n) is 17.0. The number of esters is 3. The van der Waals surface area contributed by atoms with Gasteiger partial charge in [0.15, 0.2) is 6.29 Å².